The molecule has 54 valence electrons. The van der Waals surface area contributed by atoms with E-state index in [1.54, 1.807) is 0 Å². The van der Waals surface area contributed by atoms with Gasteiger partial charge >= 0.3 is 0 Å². The van der Waals surface area contributed by atoms with Gasteiger partial charge in [0.1, 0.15) is 0 Å². The molecule has 0 amide bonds. The summed E-state index contributed by atoms with van der Waals surface area (Å²) >= 11 is 0. The fourth-order valence-electron chi connectivity index (χ4n) is 1.51. The molecule has 1 rings (SSSR count). The molecule has 0 aromatic carbocycles. The van der Waals surface area contributed by atoms with E-state index in [1.165, 1.54) is 25.7 Å². The van der Waals surface area contributed by atoms with Crippen LogP contribution in [-0.4, -0.2) is 0 Å². The van der Waals surface area contributed by atoms with Gasteiger partial charge in [0.05, 0.1) is 6.07 Å². The predicted octanol–water partition coefficient (Wildman–Crippen LogP) is 2.65. The van der Waals surface area contributed by atoms with Gasteiger partial charge in [-0.3, -0.25) is 0 Å². The molecule has 0 aromatic heterocycles. The topological polar surface area (TPSA) is 23.8 Å². The Hall–Kier alpha value is -0.770. The van der Waals surface area contributed by atoms with Crippen molar-refractivity contribution in [2.45, 2.75) is 32.6 Å². The van der Waals surface area contributed by atoms with E-state index in [2.05, 4.69) is 12.1 Å². The Labute approximate surface area is 62.4 Å². The monoisotopic (exact) mass is 135 g/mol. The molecular weight excluding hydrogens is 122 g/mol. The average Bonchev–Trinajstić information content (AvgIpc) is 2.40. The van der Waals surface area contributed by atoms with Crippen LogP contribution >= 0.6 is 0 Å². The summed E-state index contributed by atoms with van der Waals surface area (Å²) in [5, 5.41) is 8.48. The summed E-state index contributed by atoms with van der Waals surface area (Å²) in [5.74, 6) is 0.708. The van der Waals surface area contributed by atoms with Gasteiger partial charge in [-0.1, -0.05) is 18.9 Å². The zero-order valence-electron chi connectivity index (χ0n) is 6.43. The zero-order chi connectivity index (χ0) is 7.40. The number of hydrogen-bond acceptors (Lipinski definition) is 1. The summed E-state index contributed by atoms with van der Waals surface area (Å²) in [4.78, 5) is 0. The van der Waals surface area contributed by atoms with Crippen LogP contribution in [0.3, 0.4) is 0 Å². The van der Waals surface area contributed by atoms with E-state index >= 15 is 0 Å². The molecule has 0 unspecified atom stereocenters. The highest BCUT2D eigenvalue weighted by molar-refractivity contribution is 5.18. The molecule has 0 spiro atoms. The lowest BCUT2D eigenvalue weighted by Gasteiger charge is -1.99. The Morgan fingerprint density at radius 3 is 2.60 bits per heavy atom. The summed E-state index contributed by atoms with van der Waals surface area (Å²) in [6, 6.07) is 2.15. The third-order valence-corrected chi connectivity index (χ3v) is 2.06. The van der Waals surface area contributed by atoms with Crippen LogP contribution in [0.2, 0.25) is 0 Å². The molecule has 0 saturated heterocycles. The third-order valence-electron chi connectivity index (χ3n) is 2.06. The molecule has 1 aliphatic rings. The minimum absolute atomic E-state index is 0.708. The Morgan fingerprint density at radius 1 is 1.50 bits per heavy atom. The Balaban J connectivity index is 2.44. The summed E-state index contributed by atoms with van der Waals surface area (Å²) in [5.41, 5.74) is 0.881. The Bertz CT molecular complexity index is 168. The normalized spacial score (nSPS) is 21.0. The first-order valence-electron chi connectivity index (χ1n) is 3.91. The molecule has 1 saturated carbocycles. The first-order chi connectivity index (χ1) is 4.83. The maximum atomic E-state index is 8.48. The van der Waals surface area contributed by atoms with Crippen LogP contribution in [0.5, 0.6) is 0 Å². The van der Waals surface area contributed by atoms with Crippen LogP contribution in [0.15, 0.2) is 11.6 Å². The smallest absolute Gasteiger partial charge is 0.0940 e. The summed E-state index contributed by atoms with van der Waals surface area (Å²) in [6.07, 6.45) is 7.39. The minimum Gasteiger partial charge on any atom is -0.193 e. The first kappa shape index (κ1) is 7.34. The second-order valence-electron chi connectivity index (χ2n) is 3.01. The third kappa shape index (κ3) is 1.88. The van der Waals surface area contributed by atoms with Gasteiger partial charge in [-0.2, -0.15) is 5.26 Å². The Morgan fingerprint density at radius 2 is 2.10 bits per heavy atom. The standard InChI is InChI=1S/C9H13N/c1-8(7-10)6-9-4-2-3-5-9/h6,9H,2-5H2,1H3/b8-6-. The van der Waals surface area contributed by atoms with Crippen molar-refractivity contribution in [3.63, 3.8) is 0 Å². The van der Waals surface area contributed by atoms with Crippen LogP contribution in [0.25, 0.3) is 0 Å². The van der Waals surface area contributed by atoms with E-state index in [4.69, 9.17) is 5.26 Å². The zero-order valence-corrected chi connectivity index (χ0v) is 6.43. The number of allylic oxidation sites excluding steroid dienone is 2. The van der Waals surface area contributed by atoms with Crippen LogP contribution in [-0.2, 0) is 0 Å². The van der Waals surface area contributed by atoms with E-state index in [-0.39, 0.29) is 0 Å². The minimum atomic E-state index is 0.708. The van der Waals surface area contributed by atoms with E-state index in [0.29, 0.717) is 5.92 Å². The Kier molecular flexibility index (Phi) is 2.50. The van der Waals surface area contributed by atoms with Crippen LogP contribution < -0.4 is 0 Å². The van der Waals surface area contributed by atoms with Gasteiger partial charge in [0.15, 0.2) is 0 Å². The highest BCUT2D eigenvalue weighted by atomic mass is 14.2. The van der Waals surface area contributed by atoms with Crippen molar-refractivity contribution in [1.82, 2.24) is 0 Å². The van der Waals surface area contributed by atoms with E-state index in [9.17, 15) is 0 Å². The van der Waals surface area contributed by atoms with E-state index in [0.717, 1.165) is 5.57 Å². The van der Waals surface area contributed by atoms with E-state index < -0.39 is 0 Å². The highest BCUT2D eigenvalue weighted by Crippen LogP contribution is 2.26. The van der Waals surface area contributed by atoms with Gasteiger partial charge in [-0.25, -0.2) is 0 Å². The number of rotatable bonds is 1. The van der Waals surface area contributed by atoms with Gasteiger partial charge in [0.2, 0.25) is 0 Å². The van der Waals surface area contributed by atoms with E-state index in [1.807, 2.05) is 6.92 Å². The lowest BCUT2D eigenvalue weighted by molar-refractivity contribution is 0.682. The maximum Gasteiger partial charge on any atom is 0.0940 e. The van der Waals surface area contributed by atoms with Crippen LogP contribution in [0.4, 0.5) is 0 Å². The van der Waals surface area contributed by atoms with Crippen molar-refractivity contribution in [3.05, 3.63) is 11.6 Å². The molecule has 1 heteroatoms. The van der Waals surface area contributed by atoms with Crippen molar-refractivity contribution in [2.75, 3.05) is 0 Å². The average molecular weight is 135 g/mol. The van der Waals surface area contributed by atoms with Crippen molar-refractivity contribution in [1.29, 1.82) is 5.26 Å². The lowest BCUT2D eigenvalue weighted by atomic mass is 10.1. The van der Waals surface area contributed by atoms with Crippen LogP contribution in [0, 0.1) is 17.2 Å². The first-order valence-corrected chi connectivity index (χ1v) is 3.91. The quantitative estimate of drug-likeness (QED) is 0.507. The van der Waals surface area contributed by atoms with Crippen LogP contribution in [0.1, 0.15) is 32.6 Å². The molecule has 0 aromatic rings. The molecule has 10 heavy (non-hydrogen) atoms. The molecule has 0 atom stereocenters. The number of nitriles is 1. The fourth-order valence-corrected chi connectivity index (χ4v) is 1.51. The molecule has 1 aliphatic carbocycles. The van der Waals surface area contributed by atoms with Crippen molar-refractivity contribution in [3.8, 4) is 6.07 Å². The molecule has 0 bridgehead atoms. The number of hydrogen-bond donors (Lipinski definition) is 0. The molecule has 0 aliphatic heterocycles. The van der Waals surface area contributed by atoms with Crippen molar-refractivity contribution in [2.24, 2.45) is 5.92 Å². The molecule has 1 fully saturated rings. The van der Waals surface area contributed by atoms with Gasteiger partial charge in [-0.15, -0.1) is 0 Å². The number of nitrogens with zero attached hydrogens (tertiary/aromatic N) is 1. The molecule has 0 N–H and O–H groups in total. The summed E-state index contributed by atoms with van der Waals surface area (Å²) < 4.78 is 0. The van der Waals surface area contributed by atoms with Crippen molar-refractivity contribution >= 4 is 0 Å². The molecule has 1 nitrogen and oxygen atoms in total. The van der Waals surface area contributed by atoms with Crippen molar-refractivity contribution < 1.29 is 0 Å². The van der Waals surface area contributed by atoms with Gasteiger partial charge < -0.3 is 0 Å². The molecule has 0 heterocycles. The molecular formula is C9H13N. The highest BCUT2D eigenvalue weighted by Gasteiger charge is 2.11. The second kappa shape index (κ2) is 3.41. The molecule has 0 radical (unpaired) electrons. The van der Waals surface area contributed by atoms with Gasteiger partial charge in [0.25, 0.3) is 0 Å². The largest absolute Gasteiger partial charge is 0.193 e. The van der Waals surface area contributed by atoms with Gasteiger partial charge in [-0.05, 0) is 25.7 Å². The fraction of sp³-hybridized carbons (Fsp3) is 0.667. The SMILES string of the molecule is C/C(C#N)=C/C1CCCC1. The summed E-state index contributed by atoms with van der Waals surface area (Å²) in [6.45, 7) is 1.89. The lowest BCUT2D eigenvalue weighted by Crippen LogP contribution is -1.86. The summed E-state index contributed by atoms with van der Waals surface area (Å²) in [7, 11) is 0. The predicted molar refractivity (Wildman–Crippen MR) is 41.3 cm³/mol. The van der Waals surface area contributed by atoms with Gasteiger partial charge in [0, 0.05) is 5.57 Å². The second-order valence-corrected chi connectivity index (χ2v) is 3.01. The maximum absolute atomic E-state index is 8.48.